The van der Waals surface area contributed by atoms with Crippen molar-refractivity contribution in [1.29, 1.82) is 0 Å². The molecule has 1 aliphatic heterocycles. The smallest absolute Gasteiger partial charge is 0.251 e. The zero-order chi connectivity index (χ0) is 9.90. The average molecular weight is 188 g/mol. The summed E-state index contributed by atoms with van der Waals surface area (Å²) in [5.41, 5.74) is 4.21. The third kappa shape index (κ3) is 2.40. The molecule has 1 heterocycles. The molecule has 1 rings (SSSR count). The highest BCUT2D eigenvalue weighted by atomic mass is 16.5. The van der Waals surface area contributed by atoms with E-state index in [1.54, 1.807) is 6.92 Å². The van der Waals surface area contributed by atoms with Crippen LogP contribution in [-0.4, -0.2) is 42.4 Å². The Balaban J connectivity index is 2.67. The number of amides is 1. The van der Waals surface area contributed by atoms with Gasteiger partial charge in [0.2, 0.25) is 0 Å². The van der Waals surface area contributed by atoms with Gasteiger partial charge in [-0.05, 0) is 6.92 Å². The Morgan fingerprint density at radius 1 is 1.85 bits per heavy atom. The van der Waals surface area contributed by atoms with E-state index in [9.17, 15) is 9.90 Å². The van der Waals surface area contributed by atoms with Crippen molar-refractivity contribution in [3.05, 3.63) is 0 Å². The van der Waals surface area contributed by atoms with Gasteiger partial charge in [0.15, 0.2) is 5.60 Å². The number of nitrogens with two attached hydrogens (primary N) is 1. The second kappa shape index (κ2) is 4.04. The van der Waals surface area contributed by atoms with Crippen LogP contribution in [0.15, 0.2) is 0 Å². The third-order valence-electron chi connectivity index (χ3n) is 2.14. The Hall–Kier alpha value is -0.650. The molecule has 2 unspecified atom stereocenters. The van der Waals surface area contributed by atoms with Crippen LogP contribution in [0.25, 0.3) is 0 Å². The average Bonchev–Trinajstić information content (AvgIpc) is 2.04. The fourth-order valence-corrected chi connectivity index (χ4v) is 1.53. The highest BCUT2D eigenvalue weighted by Crippen LogP contribution is 2.19. The summed E-state index contributed by atoms with van der Waals surface area (Å²) >= 11 is 0. The van der Waals surface area contributed by atoms with Crippen LogP contribution in [0.2, 0.25) is 0 Å². The number of primary amides is 1. The largest absolute Gasteiger partial charge is 0.393 e. The van der Waals surface area contributed by atoms with Crippen LogP contribution >= 0.6 is 0 Å². The van der Waals surface area contributed by atoms with E-state index in [1.807, 2.05) is 0 Å². The van der Waals surface area contributed by atoms with E-state index in [4.69, 9.17) is 10.5 Å². The molecule has 0 aliphatic carbocycles. The summed E-state index contributed by atoms with van der Waals surface area (Å²) in [7, 11) is 0. The summed E-state index contributed by atoms with van der Waals surface area (Å²) in [4.78, 5) is 11.2. The van der Waals surface area contributed by atoms with Crippen LogP contribution in [0.4, 0.5) is 0 Å². The van der Waals surface area contributed by atoms with Gasteiger partial charge in [-0.3, -0.25) is 4.79 Å². The molecular formula is C8H16N2O3. The van der Waals surface area contributed by atoms with Crippen LogP contribution < -0.4 is 11.1 Å². The molecule has 1 aliphatic rings. The van der Waals surface area contributed by atoms with Crippen LogP contribution in [0, 0.1) is 0 Å². The first-order valence-electron chi connectivity index (χ1n) is 4.39. The van der Waals surface area contributed by atoms with Crippen LogP contribution in [0.1, 0.15) is 13.3 Å². The van der Waals surface area contributed by atoms with E-state index in [0.717, 1.165) is 6.54 Å². The van der Waals surface area contributed by atoms with Gasteiger partial charge in [0.25, 0.3) is 5.91 Å². The third-order valence-corrected chi connectivity index (χ3v) is 2.14. The standard InChI is InChI=1S/C8H16N2O3/c1-6(11)4-8(7(9)12)5-10-2-3-13-8/h6,10-11H,2-5H2,1H3,(H2,9,12). The number of ether oxygens (including phenoxy) is 1. The minimum Gasteiger partial charge on any atom is -0.393 e. The highest BCUT2D eigenvalue weighted by molar-refractivity contribution is 5.84. The highest BCUT2D eigenvalue weighted by Gasteiger charge is 2.40. The van der Waals surface area contributed by atoms with Gasteiger partial charge in [-0.15, -0.1) is 0 Å². The number of hydrogen-bond acceptors (Lipinski definition) is 4. The lowest BCUT2D eigenvalue weighted by Gasteiger charge is -2.35. The van der Waals surface area contributed by atoms with Crippen molar-refractivity contribution in [2.45, 2.75) is 25.0 Å². The fourth-order valence-electron chi connectivity index (χ4n) is 1.53. The summed E-state index contributed by atoms with van der Waals surface area (Å²) in [5.74, 6) is -0.513. The number of carbonyl (C=O) groups is 1. The maximum Gasteiger partial charge on any atom is 0.251 e. The van der Waals surface area contributed by atoms with Crippen molar-refractivity contribution in [2.24, 2.45) is 5.73 Å². The number of aliphatic hydroxyl groups excluding tert-OH is 1. The zero-order valence-corrected chi connectivity index (χ0v) is 7.75. The minimum atomic E-state index is -1.02. The van der Waals surface area contributed by atoms with Crippen molar-refractivity contribution < 1.29 is 14.6 Å². The van der Waals surface area contributed by atoms with Crippen molar-refractivity contribution in [3.8, 4) is 0 Å². The van der Waals surface area contributed by atoms with Crippen molar-refractivity contribution in [2.75, 3.05) is 19.7 Å². The van der Waals surface area contributed by atoms with Crippen LogP contribution in [-0.2, 0) is 9.53 Å². The predicted molar refractivity (Wildman–Crippen MR) is 47.0 cm³/mol. The predicted octanol–water partition coefficient (Wildman–Crippen LogP) is -1.40. The fraction of sp³-hybridized carbons (Fsp3) is 0.875. The first kappa shape index (κ1) is 10.4. The summed E-state index contributed by atoms with van der Waals surface area (Å²) in [6.45, 7) is 3.17. The number of morpholine rings is 1. The SMILES string of the molecule is CC(O)CC1(C(N)=O)CNCCO1. The second-order valence-corrected chi connectivity index (χ2v) is 3.44. The molecule has 0 radical (unpaired) electrons. The number of nitrogens with one attached hydrogen (secondary N) is 1. The summed E-state index contributed by atoms with van der Waals surface area (Å²) in [5, 5.41) is 12.2. The first-order chi connectivity index (χ1) is 6.07. The Morgan fingerprint density at radius 3 is 2.92 bits per heavy atom. The molecule has 0 aromatic rings. The maximum atomic E-state index is 11.2. The van der Waals surface area contributed by atoms with Gasteiger partial charge < -0.3 is 20.9 Å². The molecule has 1 saturated heterocycles. The Morgan fingerprint density at radius 2 is 2.54 bits per heavy atom. The Labute approximate surface area is 77.2 Å². The number of hydrogen-bond donors (Lipinski definition) is 3. The first-order valence-corrected chi connectivity index (χ1v) is 4.39. The normalized spacial score (nSPS) is 31.2. The van der Waals surface area contributed by atoms with Gasteiger partial charge >= 0.3 is 0 Å². The maximum absolute atomic E-state index is 11.2. The molecule has 4 N–H and O–H groups in total. The lowest BCUT2D eigenvalue weighted by molar-refractivity contribution is -0.152. The van der Waals surface area contributed by atoms with E-state index in [-0.39, 0.29) is 6.42 Å². The van der Waals surface area contributed by atoms with Crippen molar-refractivity contribution >= 4 is 5.91 Å². The van der Waals surface area contributed by atoms with Gasteiger partial charge in [-0.25, -0.2) is 0 Å². The van der Waals surface area contributed by atoms with Crippen LogP contribution in [0.3, 0.4) is 0 Å². The molecule has 5 nitrogen and oxygen atoms in total. The van der Waals surface area contributed by atoms with Crippen molar-refractivity contribution in [1.82, 2.24) is 5.32 Å². The minimum absolute atomic E-state index is 0.245. The number of rotatable bonds is 3. The molecule has 2 atom stereocenters. The molecule has 1 fully saturated rings. The van der Waals surface area contributed by atoms with Gasteiger partial charge in [0.1, 0.15) is 0 Å². The Bertz CT molecular complexity index is 188. The van der Waals surface area contributed by atoms with Gasteiger partial charge in [-0.2, -0.15) is 0 Å². The molecule has 1 amide bonds. The van der Waals surface area contributed by atoms with Crippen LogP contribution in [0.5, 0.6) is 0 Å². The second-order valence-electron chi connectivity index (χ2n) is 3.44. The lowest BCUT2D eigenvalue weighted by atomic mass is 9.94. The van der Waals surface area contributed by atoms with Crippen molar-refractivity contribution in [3.63, 3.8) is 0 Å². The van der Waals surface area contributed by atoms with E-state index in [0.29, 0.717) is 13.2 Å². The van der Waals surface area contributed by atoms with E-state index in [2.05, 4.69) is 5.32 Å². The van der Waals surface area contributed by atoms with Gasteiger partial charge in [0.05, 0.1) is 12.7 Å². The molecule has 0 spiro atoms. The molecule has 0 bridgehead atoms. The van der Waals surface area contributed by atoms with Gasteiger partial charge in [-0.1, -0.05) is 0 Å². The summed E-state index contributed by atoms with van der Waals surface area (Å²) < 4.78 is 5.34. The molecule has 0 aromatic carbocycles. The Kier molecular flexibility index (Phi) is 3.24. The quantitative estimate of drug-likeness (QED) is 0.508. The van der Waals surface area contributed by atoms with E-state index in [1.165, 1.54) is 0 Å². The lowest BCUT2D eigenvalue weighted by Crippen LogP contribution is -2.58. The van der Waals surface area contributed by atoms with E-state index >= 15 is 0 Å². The molecular weight excluding hydrogens is 172 g/mol. The van der Waals surface area contributed by atoms with E-state index < -0.39 is 17.6 Å². The molecule has 76 valence electrons. The monoisotopic (exact) mass is 188 g/mol. The molecule has 5 heteroatoms. The number of carbonyl (C=O) groups excluding carboxylic acids is 1. The topological polar surface area (TPSA) is 84.6 Å². The van der Waals surface area contributed by atoms with Gasteiger partial charge in [0, 0.05) is 19.5 Å². The summed E-state index contributed by atoms with van der Waals surface area (Å²) in [6.07, 6.45) is -0.345. The summed E-state index contributed by atoms with van der Waals surface area (Å²) in [6, 6.07) is 0. The molecule has 13 heavy (non-hydrogen) atoms. The zero-order valence-electron chi connectivity index (χ0n) is 7.75. The number of aliphatic hydroxyl groups is 1. The molecule has 0 aromatic heterocycles. The molecule has 0 saturated carbocycles.